The summed E-state index contributed by atoms with van der Waals surface area (Å²) in [6, 6.07) is 13.7. The quantitative estimate of drug-likeness (QED) is 0.872. The second kappa shape index (κ2) is 5.94. The molecule has 0 aliphatic heterocycles. The molecule has 4 heteroatoms. The van der Waals surface area contributed by atoms with Gasteiger partial charge in [-0.2, -0.15) is 0 Å². The average Bonchev–Trinajstić information content (AvgIpc) is 2.35. The summed E-state index contributed by atoms with van der Waals surface area (Å²) >= 11 is 0. The number of hydrogen-bond donors (Lipinski definition) is 1. The lowest BCUT2D eigenvalue weighted by atomic mass is 9.88. The minimum atomic E-state index is -0.900. The maximum atomic E-state index is 13.3. The topological polar surface area (TPSA) is 37.3 Å². The van der Waals surface area contributed by atoms with E-state index in [2.05, 4.69) is 9.24 Å². The van der Waals surface area contributed by atoms with Crippen LogP contribution in [-0.2, 0) is 4.79 Å². The summed E-state index contributed by atoms with van der Waals surface area (Å²) in [5, 5.41) is 10.0. The van der Waals surface area contributed by atoms with Gasteiger partial charge in [-0.1, -0.05) is 36.4 Å². The van der Waals surface area contributed by atoms with Crippen LogP contribution in [0.3, 0.4) is 0 Å². The molecule has 0 bridgehead atoms. The first-order chi connectivity index (χ1) is 9.06. The molecule has 2 unspecified atom stereocenters. The van der Waals surface area contributed by atoms with E-state index in [0.717, 1.165) is 10.9 Å². The van der Waals surface area contributed by atoms with Gasteiger partial charge in [0.2, 0.25) is 0 Å². The van der Waals surface area contributed by atoms with Crippen LogP contribution >= 0.6 is 9.24 Å². The zero-order chi connectivity index (χ0) is 13.8. The van der Waals surface area contributed by atoms with Crippen molar-refractivity contribution in [1.82, 2.24) is 0 Å². The molecule has 98 valence electrons. The molecular weight excluding hydrogens is 262 g/mol. The Morgan fingerprint density at radius 2 is 1.79 bits per heavy atom. The summed E-state index contributed by atoms with van der Waals surface area (Å²) < 4.78 is 13.3. The molecule has 0 aliphatic rings. The van der Waals surface area contributed by atoms with E-state index in [9.17, 15) is 9.18 Å². The highest BCUT2D eigenvalue weighted by molar-refractivity contribution is 7.27. The Balaban J connectivity index is 2.44. The maximum Gasteiger partial charge on any atom is 0.304 e. The third-order valence-corrected chi connectivity index (χ3v) is 3.30. The molecule has 0 amide bonds. The highest BCUT2D eigenvalue weighted by atomic mass is 31.0. The second-order valence-corrected chi connectivity index (χ2v) is 5.04. The summed E-state index contributed by atoms with van der Waals surface area (Å²) in [4.78, 5) is 11.0. The Kier molecular flexibility index (Phi) is 4.28. The highest BCUT2D eigenvalue weighted by Crippen LogP contribution is 2.28. The molecule has 0 saturated heterocycles. The number of benzene rings is 2. The van der Waals surface area contributed by atoms with Gasteiger partial charge in [-0.15, -0.1) is 9.24 Å². The molecular formula is C15H14FO2P. The lowest BCUT2D eigenvalue weighted by Crippen LogP contribution is -2.09. The minimum Gasteiger partial charge on any atom is -0.481 e. The lowest BCUT2D eigenvalue weighted by Gasteiger charge is -2.16. The monoisotopic (exact) mass is 276 g/mol. The van der Waals surface area contributed by atoms with Crippen LogP contribution in [0.4, 0.5) is 4.39 Å². The van der Waals surface area contributed by atoms with E-state index in [0.29, 0.717) is 5.56 Å². The van der Waals surface area contributed by atoms with Gasteiger partial charge >= 0.3 is 5.97 Å². The third-order valence-electron chi connectivity index (χ3n) is 2.94. The maximum absolute atomic E-state index is 13.3. The zero-order valence-corrected chi connectivity index (χ0v) is 11.4. The second-order valence-electron chi connectivity index (χ2n) is 4.38. The van der Waals surface area contributed by atoms with Crippen LogP contribution in [-0.4, -0.2) is 11.1 Å². The van der Waals surface area contributed by atoms with E-state index >= 15 is 0 Å². The number of carboxylic acid groups (broad SMARTS) is 1. The van der Waals surface area contributed by atoms with Crippen LogP contribution < -0.4 is 5.30 Å². The molecule has 2 aromatic rings. The summed E-state index contributed by atoms with van der Waals surface area (Å²) in [6.45, 7) is 0. The number of hydrogen-bond acceptors (Lipinski definition) is 1. The summed E-state index contributed by atoms with van der Waals surface area (Å²) in [5.74, 6) is -1.59. The highest BCUT2D eigenvalue weighted by Gasteiger charge is 2.18. The molecule has 0 saturated carbocycles. The van der Waals surface area contributed by atoms with Crippen molar-refractivity contribution in [1.29, 1.82) is 0 Å². The van der Waals surface area contributed by atoms with E-state index in [1.54, 1.807) is 12.1 Å². The van der Waals surface area contributed by atoms with Gasteiger partial charge in [0.15, 0.2) is 0 Å². The van der Waals surface area contributed by atoms with Crippen molar-refractivity contribution in [3.05, 3.63) is 65.5 Å². The van der Waals surface area contributed by atoms with E-state index in [4.69, 9.17) is 5.11 Å². The smallest absolute Gasteiger partial charge is 0.304 e. The van der Waals surface area contributed by atoms with E-state index in [1.165, 1.54) is 12.1 Å². The molecule has 0 aromatic heterocycles. The van der Waals surface area contributed by atoms with Gasteiger partial charge in [0.1, 0.15) is 5.82 Å². The fraction of sp³-hybridized carbons (Fsp3) is 0.133. The van der Waals surface area contributed by atoms with Crippen molar-refractivity contribution >= 4 is 20.5 Å². The Morgan fingerprint density at radius 3 is 2.37 bits per heavy atom. The van der Waals surface area contributed by atoms with Crippen molar-refractivity contribution in [3.8, 4) is 0 Å². The van der Waals surface area contributed by atoms with Gasteiger partial charge in [0.25, 0.3) is 0 Å². The van der Waals surface area contributed by atoms with Crippen LogP contribution in [0, 0.1) is 5.82 Å². The predicted molar refractivity (Wildman–Crippen MR) is 76.3 cm³/mol. The molecule has 0 fully saturated rings. The zero-order valence-electron chi connectivity index (χ0n) is 10.2. The molecule has 0 radical (unpaired) electrons. The number of rotatable bonds is 4. The number of carboxylic acids is 1. The van der Waals surface area contributed by atoms with E-state index in [-0.39, 0.29) is 18.2 Å². The van der Waals surface area contributed by atoms with Crippen LogP contribution in [0.2, 0.25) is 0 Å². The van der Waals surface area contributed by atoms with E-state index < -0.39 is 5.97 Å². The molecule has 1 N–H and O–H groups in total. The van der Waals surface area contributed by atoms with Gasteiger partial charge in [-0.05, 0) is 28.6 Å². The fourth-order valence-corrected chi connectivity index (χ4v) is 2.41. The Hall–Kier alpha value is -1.73. The third kappa shape index (κ3) is 3.62. The van der Waals surface area contributed by atoms with Gasteiger partial charge < -0.3 is 5.11 Å². The van der Waals surface area contributed by atoms with Crippen molar-refractivity contribution in [2.45, 2.75) is 12.3 Å². The SMILES string of the molecule is O=C(O)CC(c1cccc(F)c1)c1cccc(P)c1. The molecule has 0 aliphatic carbocycles. The van der Waals surface area contributed by atoms with Gasteiger partial charge in [0.05, 0.1) is 6.42 Å². The van der Waals surface area contributed by atoms with Crippen molar-refractivity contribution in [3.63, 3.8) is 0 Å². The average molecular weight is 276 g/mol. The molecule has 2 rings (SSSR count). The normalized spacial score (nSPS) is 12.1. The Morgan fingerprint density at radius 1 is 1.16 bits per heavy atom. The number of carbonyl (C=O) groups is 1. The predicted octanol–water partition coefficient (Wildman–Crippen LogP) is 2.93. The molecule has 2 aromatic carbocycles. The van der Waals surface area contributed by atoms with Crippen LogP contribution in [0.15, 0.2) is 48.5 Å². The molecule has 0 heterocycles. The van der Waals surface area contributed by atoms with Crippen molar-refractivity contribution < 1.29 is 14.3 Å². The standard InChI is InChI=1S/C15H14FO2P/c16-12-5-1-3-10(7-12)14(9-15(17)18)11-4-2-6-13(19)8-11/h1-8,14H,9,19H2,(H,17,18). The van der Waals surface area contributed by atoms with Crippen molar-refractivity contribution in [2.75, 3.05) is 0 Å². The van der Waals surface area contributed by atoms with Crippen LogP contribution in [0.5, 0.6) is 0 Å². The van der Waals surface area contributed by atoms with Crippen LogP contribution in [0.25, 0.3) is 0 Å². The Bertz CT molecular complexity index is 553. The van der Waals surface area contributed by atoms with Gasteiger partial charge in [0, 0.05) is 5.92 Å². The summed E-state index contributed by atoms with van der Waals surface area (Å²) in [7, 11) is 2.58. The van der Waals surface area contributed by atoms with E-state index in [1.807, 2.05) is 24.3 Å². The minimum absolute atomic E-state index is 0.0580. The van der Waals surface area contributed by atoms with Gasteiger partial charge in [-0.25, -0.2) is 4.39 Å². The fourth-order valence-electron chi connectivity index (χ4n) is 2.10. The lowest BCUT2D eigenvalue weighted by molar-refractivity contribution is -0.137. The summed E-state index contributed by atoms with van der Waals surface area (Å²) in [5.41, 5.74) is 1.55. The first-order valence-corrected chi connectivity index (χ1v) is 6.46. The largest absolute Gasteiger partial charge is 0.481 e. The molecule has 2 nitrogen and oxygen atoms in total. The Labute approximate surface area is 113 Å². The molecule has 19 heavy (non-hydrogen) atoms. The summed E-state index contributed by atoms with van der Waals surface area (Å²) in [6.07, 6.45) is -0.0580. The number of aliphatic carboxylic acids is 1. The number of halogens is 1. The molecule has 2 atom stereocenters. The first kappa shape index (κ1) is 13.7. The van der Waals surface area contributed by atoms with Crippen molar-refractivity contribution in [2.24, 2.45) is 0 Å². The molecule has 0 spiro atoms. The van der Waals surface area contributed by atoms with Crippen LogP contribution in [0.1, 0.15) is 23.5 Å². The van der Waals surface area contributed by atoms with Gasteiger partial charge in [-0.3, -0.25) is 4.79 Å². The first-order valence-electron chi connectivity index (χ1n) is 5.89.